The number of ether oxygens (including phenoxy) is 6. The quantitative estimate of drug-likeness (QED) is 0.118. The molecule has 0 radical (unpaired) electrons. The largest absolute Gasteiger partial charge is 0.459 e. The Balaban J connectivity index is 1.74. The number of aliphatic hydroxyl groups is 5. The molecular formula is C47H81FN4O13. The number of amides is 2. The molecule has 1 aromatic carbocycles. The van der Waals surface area contributed by atoms with Crippen molar-refractivity contribution in [3.63, 3.8) is 0 Å². The predicted molar refractivity (Wildman–Crippen MR) is 241 cm³/mol. The number of rotatable bonds is 12. The van der Waals surface area contributed by atoms with Crippen molar-refractivity contribution >= 4 is 17.7 Å². The zero-order chi connectivity index (χ0) is 48.8. The fourth-order valence-corrected chi connectivity index (χ4v) is 10.1. The molecule has 0 unspecified atom stereocenters. The molecule has 0 bridgehead atoms. The molecule has 374 valence electrons. The van der Waals surface area contributed by atoms with Crippen LogP contribution in [-0.2, 0) is 33.2 Å². The van der Waals surface area contributed by atoms with Gasteiger partial charge in [-0.3, -0.25) is 9.69 Å². The number of nitrogens with one attached hydrogen (secondary N) is 2. The monoisotopic (exact) mass is 929 g/mol. The summed E-state index contributed by atoms with van der Waals surface area (Å²) in [4.78, 5) is 31.1. The van der Waals surface area contributed by atoms with Crippen molar-refractivity contribution in [1.29, 1.82) is 0 Å². The van der Waals surface area contributed by atoms with Crippen LogP contribution in [0.1, 0.15) is 101 Å². The highest BCUT2D eigenvalue weighted by Crippen LogP contribution is 2.40. The summed E-state index contributed by atoms with van der Waals surface area (Å²) in [5.41, 5.74) is -4.40. The molecule has 0 spiro atoms. The Morgan fingerprint density at radius 1 is 1.00 bits per heavy atom. The van der Waals surface area contributed by atoms with Crippen molar-refractivity contribution in [3.8, 4) is 0 Å². The number of carbonyl (C=O) groups is 2. The van der Waals surface area contributed by atoms with E-state index in [9.17, 15) is 39.5 Å². The molecule has 0 aromatic heterocycles. The first kappa shape index (κ1) is 55.0. The molecule has 2 amide bonds. The molecular weight excluding hydrogens is 848 g/mol. The number of cyclic esters (lactones) is 1. The summed E-state index contributed by atoms with van der Waals surface area (Å²) in [6.45, 7) is 18.1. The van der Waals surface area contributed by atoms with Crippen LogP contribution < -0.4 is 10.6 Å². The van der Waals surface area contributed by atoms with E-state index in [2.05, 4.69) is 10.6 Å². The lowest BCUT2D eigenvalue weighted by atomic mass is 9.77. The molecule has 0 saturated carbocycles. The van der Waals surface area contributed by atoms with E-state index in [1.54, 1.807) is 54.5 Å². The maximum atomic E-state index is 14.5. The summed E-state index contributed by atoms with van der Waals surface area (Å²) in [5.74, 6) is -3.45. The number of nitrogens with zero attached hydrogens (tertiary/aromatic N) is 2. The van der Waals surface area contributed by atoms with Gasteiger partial charge < -0.3 is 69.5 Å². The van der Waals surface area contributed by atoms with Gasteiger partial charge in [-0.2, -0.15) is 0 Å². The predicted octanol–water partition coefficient (Wildman–Crippen LogP) is 3.62. The summed E-state index contributed by atoms with van der Waals surface area (Å²) >= 11 is 0. The first-order valence-electron chi connectivity index (χ1n) is 23.3. The molecule has 3 heterocycles. The SMILES string of the molecule is CC[C@H]1OC(=O)[C@H](C)[C@@H](O[C@H]2C[C@@](C)(OC)[C@@H](O)[C@H](C)O2)[C@H](C)[C@@H](O[C@@H]2O[C@H](C)C[C@H](N(C)C)[C@H]2O)[C@](C)(O)C[C@@H](C)CN(CCCNC(=O)Nc2cccc(F)c2)[C@H](C)[C@@H](O)[C@]1(C)O. The summed E-state index contributed by atoms with van der Waals surface area (Å²) in [6.07, 6.45) is -8.85. The van der Waals surface area contributed by atoms with Crippen molar-refractivity contribution in [2.45, 2.75) is 192 Å². The molecule has 1 aromatic rings. The van der Waals surface area contributed by atoms with Gasteiger partial charge in [0.05, 0.1) is 41.5 Å². The van der Waals surface area contributed by atoms with E-state index in [0.29, 0.717) is 31.6 Å². The lowest BCUT2D eigenvalue weighted by Crippen LogP contribution is -2.60. The van der Waals surface area contributed by atoms with Crippen molar-refractivity contribution in [3.05, 3.63) is 30.1 Å². The molecule has 7 N–H and O–H groups in total. The van der Waals surface area contributed by atoms with Crippen LogP contribution in [-0.4, -0.2) is 178 Å². The normalized spacial score (nSPS) is 41.8. The first-order chi connectivity index (χ1) is 30.3. The number of benzene rings is 1. The van der Waals surface area contributed by atoms with Crippen LogP contribution in [0.2, 0.25) is 0 Å². The van der Waals surface area contributed by atoms with E-state index in [4.69, 9.17) is 28.4 Å². The van der Waals surface area contributed by atoms with E-state index >= 15 is 0 Å². The molecule has 18 atom stereocenters. The van der Waals surface area contributed by atoms with Gasteiger partial charge in [0, 0.05) is 56.9 Å². The van der Waals surface area contributed by atoms with Gasteiger partial charge in [0.15, 0.2) is 12.6 Å². The number of carbonyl (C=O) groups excluding carboxylic acids is 2. The second-order valence-corrected chi connectivity index (χ2v) is 20.0. The fourth-order valence-electron chi connectivity index (χ4n) is 10.1. The fraction of sp³-hybridized carbons (Fsp3) is 0.830. The number of anilines is 1. The second kappa shape index (κ2) is 23.1. The van der Waals surface area contributed by atoms with Crippen LogP contribution in [0, 0.1) is 23.6 Å². The van der Waals surface area contributed by atoms with Gasteiger partial charge in [0.1, 0.15) is 35.8 Å². The van der Waals surface area contributed by atoms with E-state index < -0.39 is 108 Å². The van der Waals surface area contributed by atoms with Crippen molar-refractivity contribution < 1.29 is 67.9 Å². The summed E-state index contributed by atoms with van der Waals surface area (Å²) in [7, 11) is 5.22. The Hall–Kier alpha value is -2.59. The van der Waals surface area contributed by atoms with E-state index in [1.807, 2.05) is 37.7 Å². The van der Waals surface area contributed by atoms with Crippen molar-refractivity contribution in [2.24, 2.45) is 17.8 Å². The zero-order valence-electron chi connectivity index (χ0n) is 40.9. The molecule has 65 heavy (non-hydrogen) atoms. The minimum absolute atomic E-state index is 0.0881. The maximum absolute atomic E-state index is 14.5. The maximum Gasteiger partial charge on any atom is 0.319 e. The minimum atomic E-state index is -1.94. The molecule has 3 aliphatic rings. The lowest BCUT2D eigenvalue weighted by molar-refractivity contribution is -0.318. The highest BCUT2D eigenvalue weighted by molar-refractivity contribution is 5.89. The van der Waals surface area contributed by atoms with Crippen molar-refractivity contribution in [2.75, 3.05) is 46.2 Å². The number of urea groups is 1. The zero-order valence-corrected chi connectivity index (χ0v) is 40.9. The van der Waals surface area contributed by atoms with Gasteiger partial charge in [0.2, 0.25) is 0 Å². The summed E-state index contributed by atoms with van der Waals surface area (Å²) < 4.78 is 51.6. The summed E-state index contributed by atoms with van der Waals surface area (Å²) in [6, 6.07) is 3.97. The number of hydrogen-bond donors (Lipinski definition) is 7. The number of hydrogen-bond acceptors (Lipinski definition) is 15. The molecule has 3 fully saturated rings. The Morgan fingerprint density at radius 3 is 2.29 bits per heavy atom. The average molecular weight is 929 g/mol. The van der Waals surface area contributed by atoms with Gasteiger partial charge in [-0.15, -0.1) is 0 Å². The first-order valence-corrected chi connectivity index (χ1v) is 23.3. The third-order valence-electron chi connectivity index (χ3n) is 14.0. The Morgan fingerprint density at radius 2 is 1.68 bits per heavy atom. The number of aliphatic hydroxyl groups excluding tert-OH is 3. The van der Waals surface area contributed by atoms with E-state index in [0.717, 1.165) is 0 Å². The Labute approximate surface area is 385 Å². The average Bonchev–Trinajstić information content (AvgIpc) is 3.23. The van der Waals surface area contributed by atoms with Gasteiger partial charge in [0.25, 0.3) is 0 Å². The highest BCUT2D eigenvalue weighted by atomic mass is 19.1. The van der Waals surface area contributed by atoms with Crippen LogP contribution in [0.25, 0.3) is 0 Å². The lowest BCUT2D eigenvalue weighted by Gasteiger charge is -2.48. The van der Waals surface area contributed by atoms with Gasteiger partial charge in [-0.25, -0.2) is 9.18 Å². The third-order valence-corrected chi connectivity index (χ3v) is 14.0. The van der Waals surface area contributed by atoms with Crippen LogP contribution >= 0.6 is 0 Å². The van der Waals surface area contributed by atoms with Gasteiger partial charge >= 0.3 is 12.0 Å². The topological polar surface area (TPSA) is 221 Å². The number of esters is 1. The summed E-state index contributed by atoms with van der Waals surface area (Å²) in [5, 5.41) is 65.1. The molecule has 18 heteroatoms. The second-order valence-electron chi connectivity index (χ2n) is 20.0. The Kier molecular flexibility index (Phi) is 19.6. The number of halogens is 1. The van der Waals surface area contributed by atoms with Crippen molar-refractivity contribution in [1.82, 2.24) is 15.1 Å². The van der Waals surface area contributed by atoms with Crippen LogP contribution in [0.5, 0.6) is 0 Å². The standard InChI is InChI=1S/C47H81FN4O13/c1-14-35-47(10,59)39(54)30(6)52(20-16-19-49-44(57)50-33-18-15-17-32(48)22-33)25-26(2)23-45(8,58)41(65-43-37(53)34(51(11)12)21-27(3)61-43)28(4)38(29(5)42(56)63-35)64-36-24-46(9,60-13)40(55)31(7)62-36/h15,17-18,22,26-31,34-41,43,53-55,58-59H,14,16,19-21,23-25H2,1-13H3,(H2,49,50,57)/t26-,27-,28+,29-,30-,31+,34+,35-,36+,37-,38+,39-,40+,41-,43+,45-,46-,47-/m1/s1. The number of likely N-dealkylation sites (N-methyl/N-ethyl adjacent to an activating group) is 1. The van der Waals surface area contributed by atoms with Gasteiger partial charge in [-0.05, 0) is 112 Å². The van der Waals surface area contributed by atoms with Crippen LogP contribution in [0.15, 0.2) is 24.3 Å². The smallest absolute Gasteiger partial charge is 0.319 e. The molecule has 17 nitrogen and oxygen atoms in total. The highest BCUT2D eigenvalue weighted by Gasteiger charge is 2.53. The van der Waals surface area contributed by atoms with E-state index in [1.165, 1.54) is 32.2 Å². The van der Waals surface area contributed by atoms with E-state index in [-0.39, 0.29) is 43.9 Å². The van der Waals surface area contributed by atoms with Crippen LogP contribution in [0.3, 0.4) is 0 Å². The molecule has 3 aliphatic heterocycles. The molecule has 0 aliphatic carbocycles. The van der Waals surface area contributed by atoms with Gasteiger partial charge in [-0.1, -0.05) is 26.8 Å². The van der Waals surface area contributed by atoms with Crippen LogP contribution in [0.4, 0.5) is 14.9 Å². The minimum Gasteiger partial charge on any atom is -0.459 e. The third kappa shape index (κ3) is 13.8. The number of methoxy groups -OCH3 is 1. The molecule has 4 rings (SSSR count). The molecule has 3 saturated heterocycles. The Bertz CT molecular complexity index is 1680.